The van der Waals surface area contributed by atoms with Crippen LogP contribution in [-0.4, -0.2) is 30.0 Å². The number of carboxylic acids is 1. The highest BCUT2D eigenvalue weighted by Gasteiger charge is 2.49. The lowest BCUT2D eigenvalue weighted by molar-refractivity contribution is -0.201. The van der Waals surface area contributed by atoms with Crippen LogP contribution < -0.4 is 0 Å². The van der Waals surface area contributed by atoms with Crippen LogP contribution in [0.15, 0.2) is 0 Å². The van der Waals surface area contributed by atoms with Gasteiger partial charge < -0.3 is 9.84 Å². The molecule has 1 fully saturated rings. The van der Waals surface area contributed by atoms with Crippen LogP contribution in [0.1, 0.15) is 25.7 Å². The smallest absolute Gasteiger partial charge is 0.391 e. The maximum Gasteiger partial charge on any atom is 0.391 e. The van der Waals surface area contributed by atoms with Crippen molar-refractivity contribution in [2.24, 2.45) is 5.92 Å². The predicted octanol–water partition coefficient (Wildman–Crippen LogP) is 2.21. The molecule has 0 aromatic rings. The Labute approximate surface area is 85.2 Å². The maximum atomic E-state index is 12.3. The van der Waals surface area contributed by atoms with E-state index in [4.69, 9.17) is 9.84 Å². The molecule has 0 aliphatic heterocycles. The third kappa shape index (κ3) is 2.42. The zero-order chi connectivity index (χ0) is 11.7. The first-order chi connectivity index (χ1) is 6.82. The van der Waals surface area contributed by atoms with Crippen molar-refractivity contribution in [3.8, 4) is 0 Å². The molecular formula is C9H13F3O3. The first kappa shape index (κ1) is 12.3. The molecule has 3 nitrogen and oxygen atoms in total. The molecule has 1 rings (SSSR count). The highest BCUT2D eigenvalue weighted by atomic mass is 19.4. The number of hydrogen-bond acceptors (Lipinski definition) is 2. The summed E-state index contributed by atoms with van der Waals surface area (Å²) in [6.07, 6.45) is -4.74. The van der Waals surface area contributed by atoms with Gasteiger partial charge in [-0.2, -0.15) is 13.2 Å². The number of rotatable bonds is 2. The van der Waals surface area contributed by atoms with E-state index in [1.165, 1.54) is 7.11 Å². The largest absolute Gasteiger partial charge is 0.479 e. The average Bonchev–Trinajstić information content (AvgIpc) is 2.16. The Balaban J connectivity index is 2.65. The summed E-state index contributed by atoms with van der Waals surface area (Å²) in [5.41, 5.74) is -1.41. The van der Waals surface area contributed by atoms with Crippen molar-refractivity contribution < 1.29 is 27.8 Å². The summed E-state index contributed by atoms with van der Waals surface area (Å²) in [7, 11) is 1.22. The second kappa shape index (κ2) is 4.00. The van der Waals surface area contributed by atoms with Crippen LogP contribution in [0.3, 0.4) is 0 Å². The highest BCUT2D eigenvalue weighted by molar-refractivity contribution is 5.77. The minimum absolute atomic E-state index is 0.0803. The van der Waals surface area contributed by atoms with Gasteiger partial charge in [-0.3, -0.25) is 0 Å². The minimum atomic E-state index is -4.22. The molecule has 15 heavy (non-hydrogen) atoms. The third-order valence-corrected chi connectivity index (χ3v) is 3.04. The van der Waals surface area contributed by atoms with Crippen LogP contribution in [0.2, 0.25) is 0 Å². The van der Waals surface area contributed by atoms with Gasteiger partial charge >= 0.3 is 12.1 Å². The molecule has 88 valence electrons. The van der Waals surface area contributed by atoms with E-state index in [2.05, 4.69) is 0 Å². The van der Waals surface area contributed by atoms with Crippen LogP contribution >= 0.6 is 0 Å². The normalized spacial score (nSPS) is 32.7. The van der Waals surface area contributed by atoms with Crippen molar-refractivity contribution in [1.29, 1.82) is 0 Å². The quantitative estimate of drug-likeness (QED) is 0.785. The zero-order valence-electron chi connectivity index (χ0n) is 8.30. The molecule has 0 aromatic heterocycles. The molecule has 0 unspecified atom stereocenters. The molecular weight excluding hydrogens is 213 g/mol. The zero-order valence-corrected chi connectivity index (χ0v) is 8.30. The summed E-state index contributed by atoms with van der Waals surface area (Å²) in [5.74, 6) is -2.56. The molecule has 0 aromatic carbocycles. The Kier molecular flexibility index (Phi) is 3.28. The van der Waals surface area contributed by atoms with Gasteiger partial charge in [-0.25, -0.2) is 4.79 Å². The Bertz CT molecular complexity index is 241. The molecule has 1 aliphatic carbocycles. The van der Waals surface area contributed by atoms with Crippen LogP contribution in [0.5, 0.6) is 0 Å². The van der Waals surface area contributed by atoms with Gasteiger partial charge in [0.2, 0.25) is 0 Å². The van der Waals surface area contributed by atoms with Gasteiger partial charge in [-0.1, -0.05) is 0 Å². The first-order valence-corrected chi connectivity index (χ1v) is 4.67. The monoisotopic (exact) mass is 226 g/mol. The molecule has 0 amide bonds. The fourth-order valence-electron chi connectivity index (χ4n) is 1.92. The van der Waals surface area contributed by atoms with Crippen LogP contribution in [0.25, 0.3) is 0 Å². The lowest BCUT2D eigenvalue weighted by atomic mass is 9.78. The molecule has 1 saturated carbocycles. The first-order valence-electron chi connectivity index (χ1n) is 4.67. The van der Waals surface area contributed by atoms with E-state index in [0.29, 0.717) is 0 Å². The summed E-state index contributed by atoms with van der Waals surface area (Å²) >= 11 is 0. The molecule has 0 radical (unpaired) electrons. The highest BCUT2D eigenvalue weighted by Crippen LogP contribution is 2.42. The number of ether oxygens (including phenoxy) is 1. The van der Waals surface area contributed by atoms with Gasteiger partial charge in [0.15, 0.2) is 5.60 Å². The fourth-order valence-corrected chi connectivity index (χ4v) is 1.92. The van der Waals surface area contributed by atoms with Crippen molar-refractivity contribution >= 4 is 5.97 Å². The van der Waals surface area contributed by atoms with Gasteiger partial charge in [-0.05, 0) is 25.7 Å². The van der Waals surface area contributed by atoms with Crippen LogP contribution in [0, 0.1) is 5.92 Å². The number of aliphatic carboxylic acids is 1. The van der Waals surface area contributed by atoms with Gasteiger partial charge in [0.25, 0.3) is 0 Å². The summed E-state index contributed by atoms with van der Waals surface area (Å²) in [6, 6.07) is 0. The molecule has 1 N–H and O–H groups in total. The Morgan fingerprint density at radius 3 is 2.13 bits per heavy atom. The predicted molar refractivity (Wildman–Crippen MR) is 45.4 cm³/mol. The number of halogens is 3. The van der Waals surface area contributed by atoms with E-state index in [0.717, 1.165) is 0 Å². The molecule has 0 heterocycles. The SMILES string of the molecule is COC1(C(=O)O)CCC(C(F)(F)F)CC1. The van der Waals surface area contributed by atoms with E-state index in [9.17, 15) is 18.0 Å². The number of carbonyl (C=O) groups is 1. The number of alkyl halides is 3. The van der Waals surface area contributed by atoms with E-state index in [1.807, 2.05) is 0 Å². The second-order valence-electron chi connectivity index (χ2n) is 3.82. The summed E-state index contributed by atoms with van der Waals surface area (Å²) in [6.45, 7) is 0. The average molecular weight is 226 g/mol. The number of carboxylic acid groups (broad SMARTS) is 1. The third-order valence-electron chi connectivity index (χ3n) is 3.04. The lowest BCUT2D eigenvalue weighted by Crippen LogP contribution is -2.45. The fraction of sp³-hybridized carbons (Fsp3) is 0.889. The molecule has 0 spiro atoms. The topological polar surface area (TPSA) is 46.5 Å². The Morgan fingerprint density at radius 2 is 1.87 bits per heavy atom. The van der Waals surface area contributed by atoms with E-state index >= 15 is 0 Å². The summed E-state index contributed by atoms with van der Waals surface area (Å²) in [4.78, 5) is 10.9. The lowest BCUT2D eigenvalue weighted by Gasteiger charge is -2.36. The molecule has 6 heteroatoms. The summed E-state index contributed by atoms with van der Waals surface area (Å²) < 4.78 is 41.8. The van der Waals surface area contributed by atoms with E-state index < -0.39 is 23.7 Å². The number of methoxy groups -OCH3 is 1. The second-order valence-corrected chi connectivity index (χ2v) is 3.82. The van der Waals surface area contributed by atoms with Gasteiger partial charge in [0.05, 0.1) is 5.92 Å². The van der Waals surface area contributed by atoms with Crippen molar-refractivity contribution in [3.05, 3.63) is 0 Å². The van der Waals surface area contributed by atoms with Crippen molar-refractivity contribution in [2.75, 3.05) is 7.11 Å². The van der Waals surface area contributed by atoms with Crippen LogP contribution in [0.4, 0.5) is 13.2 Å². The molecule has 0 bridgehead atoms. The van der Waals surface area contributed by atoms with Gasteiger partial charge in [0.1, 0.15) is 0 Å². The standard InChI is InChI=1S/C9H13F3O3/c1-15-8(7(13)14)4-2-6(3-5-8)9(10,11)12/h6H,2-5H2,1H3,(H,13,14). The van der Waals surface area contributed by atoms with Gasteiger partial charge in [-0.15, -0.1) is 0 Å². The Morgan fingerprint density at radius 1 is 1.40 bits per heavy atom. The van der Waals surface area contributed by atoms with Crippen molar-refractivity contribution in [2.45, 2.75) is 37.5 Å². The molecule has 0 saturated heterocycles. The maximum absolute atomic E-state index is 12.3. The van der Waals surface area contributed by atoms with Crippen molar-refractivity contribution in [1.82, 2.24) is 0 Å². The summed E-state index contributed by atoms with van der Waals surface area (Å²) in [5, 5.41) is 8.87. The number of hydrogen-bond donors (Lipinski definition) is 1. The molecule has 1 aliphatic rings. The van der Waals surface area contributed by atoms with E-state index in [1.54, 1.807) is 0 Å². The van der Waals surface area contributed by atoms with Crippen molar-refractivity contribution in [3.63, 3.8) is 0 Å². The van der Waals surface area contributed by atoms with E-state index in [-0.39, 0.29) is 25.7 Å². The van der Waals surface area contributed by atoms with Gasteiger partial charge in [0, 0.05) is 7.11 Å². The molecule has 0 atom stereocenters. The minimum Gasteiger partial charge on any atom is -0.479 e. The van der Waals surface area contributed by atoms with Crippen LogP contribution in [-0.2, 0) is 9.53 Å². The Hall–Kier alpha value is -0.780.